The van der Waals surface area contributed by atoms with Gasteiger partial charge in [0.05, 0.1) is 0 Å². The van der Waals surface area contributed by atoms with Crippen molar-refractivity contribution >= 4 is 33.2 Å². The van der Waals surface area contributed by atoms with E-state index in [0.29, 0.717) is 28.8 Å². The van der Waals surface area contributed by atoms with Gasteiger partial charge < -0.3 is 4.90 Å². The van der Waals surface area contributed by atoms with E-state index in [1.54, 1.807) is 31.2 Å². The fraction of sp³-hybridized carbons (Fsp3) is 0.200. The standard InChI is InChI=1S/C20H18BrNO2/c1-3-22(15-10-8-14(21)9-11-15)12-18-13(2)19(23)16-6-4-5-7-17(16)20(18)24/h4-11H,3,12H2,1-2H3. The minimum Gasteiger partial charge on any atom is -0.367 e. The van der Waals surface area contributed by atoms with Crippen LogP contribution in [-0.2, 0) is 0 Å². The van der Waals surface area contributed by atoms with Crippen LogP contribution in [0.4, 0.5) is 5.69 Å². The van der Waals surface area contributed by atoms with Gasteiger partial charge in [0.15, 0.2) is 11.6 Å². The number of hydrogen-bond donors (Lipinski definition) is 0. The van der Waals surface area contributed by atoms with E-state index in [4.69, 9.17) is 0 Å². The molecule has 0 unspecified atom stereocenters. The molecule has 0 aliphatic heterocycles. The number of hydrogen-bond acceptors (Lipinski definition) is 3. The highest BCUT2D eigenvalue weighted by atomic mass is 79.9. The first kappa shape index (κ1) is 16.7. The van der Waals surface area contributed by atoms with Crippen molar-refractivity contribution in [2.45, 2.75) is 13.8 Å². The number of nitrogens with zero attached hydrogens (tertiary/aromatic N) is 1. The molecule has 0 saturated carbocycles. The van der Waals surface area contributed by atoms with Crippen LogP contribution < -0.4 is 4.90 Å². The van der Waals surface area contributed by atoms with Gasteiger partial charge in [-0.25, -0.2) is 0 Å². The molecule has 0 spiro atoms. The molecule has 0 radical (unpaired) electrons. The predicted octanol–water partition coefficient (Wildman–Crippen LogP) is 4.67. The Labute approximate surface area is 150 Å². The van der Waals surface area contributed by atoms with Crippen molar-refractivity contribution in [2.24, 2.45) is 0 Å². The fourth-order valence-corrected chi connectivity index (χ4v) is 3.23. The lowest BCUT2D eigenvalue weighted by Gasteiger charge is -2.27. The number of carbonyl (C=O) groups is 2. The largest absolute Gasteiger partial charge is 0.367 e. The van der Waals surface area contributed by atoms with Crippen LogP contribution in [0, 0.1) is 0 Å². The lowest BCUT2D eigenvalue weighted by Crippen LogP contribution is -2.32. The third-order valence-corrected chi connectivity index (χ3v) is 4.93. The van der Waals surface area contributed by atoms with Crippen molar-refractivity contribution in [2.75, 3.05) is 18.0 Å². The van der Waals surface area contributed by atoms with Crippen LogP contribution in [0.25, 0.3) is 0 Å². The third kappa shape index (κ3) is 2.94. The second-order valence-electron chi connectivity index (χ2n) is 5.80. The maximum Gasteiger partial charge on any atom is 0.191 e. The van der Waals surface area contributed by atoms with Crippen molar-refractivity contribution in [1.29, 1.82) is 0 Å². The highest BCUT2D eigenvalue weighted by molar-refractivity contribution is 9.10. The second kappa shape index (κ2) is 6.73. The van der Waals surface area contributed by atoms with Crippen LogP contribution in [0.2, 0.25) is 0 Å². The summed E-state index contributed by atoms with van der Waals surface area (Å²) in [5.74, 6) is -0.0923. The zero-order valence-electron chi connectivity index (χ0n) is 13.7. The number of benzene rings is 2. The summed E-state index contributed by atoms with van der Waals surface area (Å²) >= 11 is 3.43. The molecular formula is C20H18BrNO2. The molecule has 0 saturated heterocycles. The zero-order valence-corrected chi connectivity index (χ0v) is 15.3. The average molecular weight is 384 g/mol. The molecule has 0 amide bonds. The van der Waals surface area contributed by atoms with Gasteiger partial charge in [-0.15, -0.1) is 0 Å². The highest BCUT2D eigenvalue weighted by Crippen LogP contribution is 2.28. The monoisotopic (exact) mass is 383 g/mol. The van der Waals surface area contributed by atoms with Crippen LogP contribution in [-0.4, -0.2) is 24.7 Å². The van der Waals surface area contributed by atoms with Gasteiger partial charge in [0, 0.05) is 45.5 Å². The van der Waals surface area contributed by atoms with Crippen LogP contribution in [0.5, 0.6) is 0 Å². The van der Waals surface area contributed by atoms with E-state index in [0.717, 1.165) is 16.7 Å². The zero-order chi connectivity index (χ0) is 17.3. The number of anilines is 1. The predicted molar refractivity (Wildman–Crippen MR) is 99.8 cm³/mol. The molecule has 24 heavy (non-hydrogen) atoms. The second-order valence-corrected chi connectivity index (χ2v) is 6.71. The molecule has 2 aromatic rings. The van der Waals surface area contributed by atoms with Gasteiger partial charge in [0.2, 0.25) is 0 Å². The summed E-state index contributed by atoms with van der Waals surface area (Å²) < 4.78 is 1.01. The minimum atomic E-state index is -0.0490. The van der Waals surface area contributed by atoms with Gasteiger partial charge in [0.1, 0.15) is 0 Å². The maximum atomic E-state index is 12.9. The third-order valence-electron chi connectivity index (χ3n) is 4.41. The SMILES string of the molecule is CCN(CC1=C(C)C(=O)c2ccccc2C1=O)c1ccc(Br)cc1. The van der Waals surface area contributed by atoms with E-state index in [-0.39, 0.29) is 11.6 Å². The summed E-state index contributed by atoms with van der Waals surface area (Å²) in [7, 11) is 0. The van der Waals surface area contributed by atoms with Crippen molar-refractivity contribution in [3.05, 3.63) is 75.3 Å². The highest BCUT2D eigenvalue weighted by Gasteiger charge is 2.30. The molecule has 0 atom stereocenters. The van der Waals surface area contributed by atoms with Gasteiger partial charge >= 0.3 is 0 Å². The smallest absolute Gasteiger partial charge is 0.191 e. The van der Waals surface area contributed by atoms with Crippen molar-refractivity contribution in [3.63, 3.8) is 0 Å². The molecule has 0 fully saturated rings. The van der Waals surface area contributed by atoms with Crippen LogP contribution in [0.3, 0.4) is 0 Å². The molecule has 0 bridgehead atoms. The molecule has 3 nitrogen and oxygen atoms in total. The number of allylic oxidation sites excluding steroid dienone is 1. The Balaban J connectivity index is 1.96. The van der Waals surface area contributed by atoms with E-state index in [1.165, 1.54) is 0 Å². The first-order chi connectivity index (χ1) is 11.5. The Bertz CT molecular complexity index is 837. The Morgan fingerprint density at radius 2 is 1.50 bits per heavy atom. The number of Topliss-reactive ketones (excluding diaryl/α,β-unsaturated/α-hetero) is 2. The minimum absolute atomic E-state index is 0.0433. The molecular weight excluding hydrogens is 366 g/mol. The normalized spacial score (nSPS) is 14.0. The van der Waals surface area contributed by atoms with Gasteiger partial charge in [-0.2, -0.15) is 0 Å². The van der Waals surface area contributed by atoms with Crippen LogP contribution in [0.15, 0.2) is 64.1 Å². The lowest BCUT2D eigenvalue weighted by molar-refractivity contribution is 0.0973. The average Bonchev–Trinajstić information content (AvgIpc) is 2.61. The first-order valence-electron chi connectivity index (χ1n) is 7.91. The van der Waals surface area contributed by atoms with Crippen molar-refractivity contribution < 1.29 is 9.59 Å². The lowest BCUT2D eigenvalue weighted by atomic mass is 9.84. The number of carbonyl (C=O) groups excluding carboxylic acids is 2. The van der Waals surface area contributed by atoms with E-state index in [1.807, 2.05) is 31.2 Å². The van der Waals surface area contributed by atoms with Crippen LogP contribution >= 0.6 is 15.9 Å². The summed E-state index contributed by atoms with van der Waals surface area (Å²) in [6, 6.07) is 15.0. The molecule has 1 aliphatic carbocycles. The molecule has 122 valence electrons. The topological polar surface area (TPSA) is 37.4 Å². The maximum absolute atomic E-state index is 12.9. The Morgan fingerprint density at radius 1 is 0.917 bits per heavy atom. The summed E-state index contributed by atoms with van der Waals surface area (Å²) in [4.78, 5) is 27.6. The van der Waals surface area contributed by atoms with Crippen molar-refractivity contribution in [1.82, 2.24) is 0 Å². The van der Waals surface area contributed by atoms with E-state index in [9.17, 15) is 9.59 Å². The van der Waals surface area contributed by atoms with Gasteiger partial charge in [0.25, 0.3) is 0 Å². The summed E-state index contributed by atoms with van der Waals surface area (Å²) in [6.07, 6.45) is 0. The molecule has 4 heteroatoms. The summed E-state index contributed by atoms with van der Waals surface area (Å²) in [5.41, 5.74) is 3.18. The Hall–Kier alpha value is -2.20. The van der Waals surface area contributed by atoms with E-state index in [2.05, 4.69) is 20.8 Å². The molecule has 3 rings (SSSR count). The number of rotatable bonds is 4. The molecule has 1 aliphatic rings. The summed E-state index contributed by atoms with van der Waals surface area (Å²) in [6.45, 7) is 4.98. The van der Waals surface area contributed by atoms with E-state index < -0.39 is 0 Å². The Morgan fingerprint density at radius 3 is 2.08 bits per heavy atom. The first-order valence-corrected chi connectivity index (χ1v) is 8.71. The molecule has 0 aromatic heterocycles. The molecule has 2 aromatic carbocycles. The number of halogens is 1. The molecule has 0 N–H and O–H groups in total. The van der Waals surface area contributed by atoms with E-state index >= 15 is 0 Å². The quantitative estimate of drug-likeness (QED) is 0.769. The number of likely N-dealkylation sites (N-methyl/N-ethyl adjacent to an activating group) is 1. The fourth-order valence-electron chi connectivity index (χ4n) is 2.97. The number of ketones is 2. The Kier molecular flexibility index (Phi) is 4.67. The summed E-state index contributed by atoms with van der Waals surface area (Å²) in [5, 5.41) is 0. The number of fused-ring (bicyclic) bond motifs is 1. The van der Waals surface area contributed by atoms with Crippen molar-refractivity contribution in [3.8, 4) is 0 Å². The van der Waals surface area contributed by atoms with Gasteiger partial charge in [-0.1, -0.05) is 40.2 Å². The van der Waals surface area contributed by atoms with Gasteiger partial charge in [-0.05, 0) is 38.1 Å². The van der Waals surface area contributed by atoms with Gasteiger partial charge in [-0.3, -0.25) is 9.59 Å². The molecule has 0 heterocycles. The van der Waals surface area contributed by atoms with Crippen LogP contribution in [0.1, 0.15) is 34.6 Å².